The maximum atomic E-state index is 11.5. The predicted molar refractivity (Wildman–Crippen MR) is 61.0 cm³/mol. The molecule has 0 radical (unpaired) electrons. The highest BCUT2D eigenvalue weighted by molar-refractivity contribution is 6.32. The lowest BCUT2D eigenvalue weighted by Gasteiger charge is -2.12. The van der Waals surface area contributed by atoms with Crippen molar-refractivity contribution >= 4 is 35.1 Å². The first-order valence-electron chi connectivity index (χ1n) is 4.48. The zero-order valence-electron chi connectivity index (χ0n) is 9.07. The molecule has 1 rings (SSSR count). The second-order valence-electron chi connectivity index (χ2n) is 3.03. The normalized spacial score (nSPS) is 10.2. The summed E-state index contributed by atoms with van der Waals surface area (Å²) in [6.45, 7) is 0. The molecule has 5 nitrogen and oxygen atoms in total. The van der Waals surface area contributed by atoms with E-state index in [1.807, 2.05) is 0 Å². The first-order chi connectivity index (χ1) is 7.99. The molecule has 0 aromatic carbocycles. The highest BCUT2D eigenvalue weighted by atomic mass is 35.5. The first kappa shape index (κ1) is 13.7. The lowest BCUT2D eigenvalue weighted by molar-refractivity contribution is -0.154. The van der Waals surface area contributed by atoms with Gasteiger partial charge in [-0.05, 0) is 17.7 Å². The molecule has 0 fully saturated rings. The monoisotopic (exact) mass is 277 g/mol. The van der Waals surface area contributed by atoms with Gasteiger partial charge >= 0.3 is 11.9 Å². The molecule has 0 saturated carbocycles. The second kappa shape index (κ2) is 5.84. The van der Waals surface area contributed by atoms with Gasteiger partial charge in [0.2, 0.25) is 0 Å². The molecule has 92 valence electrons. The fraction of sp³-hybridized carbons (Fsp3) is 0.300. The Kier molecular flexibility index (Phi) is 4.72. The van der Waals surface area contributed by atoms with Crippen LogP contribution in [0.25, 0.3) is 0 Å². The molecule has 0 atom stereocenters. The summed E-state index contributed by atoms with van der Waals surface area (Å²) >= 11 is 11.4. The van der Waals surface area contributed by atoms with Crippen LogP contribution in [0.5, 0.6) is 0 Å². The van der Waals surface area contributed by atoms with Crippen molar-refractivity contribution in [1.29, 1.82) is 0 Å². The van der Waals surface area contributed by atoms with Crippen LogP contribution in [-0.2, 0) is 19.1 Å². The zero-order valence-corrected chi connectivity index (χ0v) is 10.6. The van der Waals surface area contributed by atoms with Gasteiger partial charge in [-0.2, -0.15) is 0 Å². The van der Waals surface area contributed by atoms with E-state index in [2.05, 4.69) is 14.5 Å². The molecule has 0 unspecified atom stereocenters. The smallest absolute Gasteiger partial charge is 0.324 e. The number of rotatable bonds is 3. The molecule has 0 amide bonds. The van der Waals surface area contributed by atoms with Crippen molar-refractivity contribution < 1.29 is 19.1 Å². The van der Waals surface area contributed by atoms with E-state index in [1.54, 1.807) is 0 Å². The van der Waals surface area contributed by atoms with Gasteiger partial charge in [0.15, 0.2) is 5.92 Å². The summed E-state index contributed by atoms with van der Waals surface area (Å²) in [5, 5.41) is 0.149. The summed E-state index contributed by atoms with van der Waals surface area (Å²) in [7, 11) is 2.34. The summed E-state index contributed by atoms with van der Waals surface area (Å²) in [5.41, 5.74) is 0.272. The number of methoxy groups -OCH3 is 2. The third-order valence-electron chi connectivity index (χ3n) is 1.99. The Balaban J connectivity index is 3.21. The lowest BCUT2D eigenvalue weighted by Crippen LogP contribution is -2.24. The Morgan fingerprint density at radius 2 is 1.53 bits per heavy atom. The van der Waals surface area contributed by atoms with E-state index in [1.165, 1.54) is 26.4 Å². The van der Waals surface area contributed by atoms with Crippen molar-refractivity contribution in [2.24, 2.45) is 0 Å². The van der Waals surface area contributed by atoms with E-state index >= 15 is 0 Å². The molecule has 0 bridgehead atoms. The number of halogens is 2. The summed E-state index contributed by atoms with van der Waals surface area (Å²) < 4.78 is 9.05. The number of hydrogen-bond acceptors (Lipinski definition) is 5. The molecule has 0 aliphatic heterocycles. The van der Waals surface area contributed by atoms with Crippen LogP contribution in [0.3, 0.4) is 0 Å². The summed E-state index contributed by atoms with van der Waals surface area (Å²) in [6.07, 6.45) is 0. The number of esters is 2. The van der Waals surface area contributed by atoms with Crippen molar-refractivity contribution in [1.82, 2.24) is 4.98 Å². The van der Waals surface area contributed by atoms with Crippen molar-refractivity contribution in [3.05, 3.63) is 28.0 Å². The van der Waals surface area contributed by atoms with E-state index in [0.29, 0.717) is 0 Å². The third kappa shape index (κ3) is 3.31. The molecule has 1 heterocycles. The van der Waals surface area contributed by atoms with Crippen LogP contribution in [0.15, 0.2) is 12.1 Å². The van der Waals surface area contributed by atoms with Gasteiger partial charge in [0.25, 0.3) is 0 Å². The van der Waals surface area contributed by atoms with Crippen molar-refractivity contribution in [2.75, 3.05) is 14.2 Å². The maximum absolute atomic E-state index is 11.5. The topological polar surface area (TPSA) is 65.5 Å². The van der Waals surface area contributed by atoms with Gasteiger partial charge in [-0.1, -0.05) is 23.2 Å². The van der Waals surface area contributed by atoms with E-state index in [4.69, 9.17) is 23.2 Å². The minimum Gasteiger partial charge on any atom is -0.468 e. The van der Waals surface area contributed by atoms with Crippen LogP contribution in [0, 0.1) is 0 Å². The van der Waals surface area contributed by atoms with Crippen molar-refractivity contribution in [3.63, 3.8) is 0 Å². The standard InChI is InChI=1S/C10H9Cl2NO4/c1-16-9(14)8(10(15)17-2)5-3-6(11)13-7(12)4-5/h3-4,8H,1-2H3. The number of ether oxygens (including phenoxy) is 2. The number of carbonyl (C=O) groups excluding carboxylic acids is 2. The van der Waals surface area contributed by atoms with Crippen molar-refractivity contribution in [3.8, 4) is 0 Å². The third-order valence-corrected chi connectivity index (χ3v) is 2.38. The SMILES string of the molecule is COC(=O)C(C(=O)OC)c1cc(Cl)nc(Cl)c1. The number of aromatic nitrogens is 1. The van der Waals surface area contributed by atoms with Crippen LogP contribution in [-0.4, -0.2) is 31.1 Å². The molecule has 0 saturated heterocycles. The molecule has 17 heavy (non-hydrogen) atoms. The first-order valence-corrected chi connectivity index (χ1v) is 5.23. The number of hydrogen-bond donors (Lipinski definition) is 0. The average Bonchev–Trinajstić information content (AvgIpc) is 2.27. The molecular weight excluding hydrogens is 269 g/mol. The minimum atomic E-state index is -1.22. The van der Waals surface area contributed by atoms with E-state index in [-0.39, 0.29) is 15.9 Å². The van der Waals surface area contributed by atoms with Gasteiger partial charge in [0.05, 0.1) is 14.2 Å². The molecule has 0 spiro atoms. The molecule has 7 heteroatoms. The number of nitrogens with zero attached hydrogens (tertiary/aromatic N) is 1. The minimum absolute atomic E-state index is 0.0744. The maximum Gasteiger partial charge on any atom is 0.324 e. The fourth-order valence-electron chi connectivity index (χ4n) is 1.25. The van der Waals surface area contributed by atoms with Gasteiger partial charge < -0.3 is 9.47 Å². The number of pyridine rings is 1. The fourth-order valence-corrected chi connectivity index (χ4v) is 1.73. The molecule has 0 aliphatic rings. The number of carbonyl (C=O) groups is 2. The largest absolute Gasteiger partial charge is 0.468 e. The van der Waals surface area contributed by atoms with Crippen LogP contribution >= 0.6 is 23.2 Å². The van der Waals surface area contributed by atoms with E-state index < -0.39 is 17.9 Å². The Morgan fingerprint density at radius 1 is 1.12 bits per heavy atom. The second-order valence-corrected chi connectivity index (χ2v) is 3.80. The Bertz CT molecular complexity index is 414. The predicted octanol–water partition coefficient (Wildman–Crippen LogP) is 1.82. The Morgan fingerprint density at radius 3 is 1.88 bits per heavy atom. The summed E-state index contributed by atoms with van der Waals surface area (Å²) in [5.74, 6) is -2.73. The van der Waals surface area contributed by atoms with Crippen LogP contribution in [0.1, 0.15) is 11.5 Å². The highest BCUT2D eigenvalue weighted by Crippen LogP contribution is 2.24. The van der Waals surface area contributed by atoms with Crippen LogP contribution in [0.2, 0.25) is 10.3 Å². The van der Waals surface area contributed by atoms with Gasteiger partial charge in [0, 0.05) is 0 Å². The quantitative estimate of drug-likeness (QED) is 0.479. The summed E-state index contributed by atoms with van der Waals surface area (Å²) in [4.78, 5) is 26.7. The zero-order chi connectivity index (χ0) is 13.0. The molecule has 1 aromatic rings. The van der Waals surface area contributed by atoms with Gasteiger partial charge in [0.1, 0.15) is 10.3 Å². The van der Waals surface area contributed by atoms with E-state index in [9.17, 15) is 9.59 Å². The summed E-state index contributed by atoms with van der Waals surface area (Å²) in [6, 6.07) is 2.71. The molecular formula is C10H9Cl2NO4. The van der Waals surface area contributed by atoms with Crippen LogP contribution in [0.4, 0.5) is 0 Å². The average molecular weight is 278 g/mol. The van der Waals surface area contributed by atoms with Gasteiger partial charge in [-0.15, -0.1) is 0 Å². The molecule has 1 aromatic heterocycles. The lowest BCUT2D eigenvalue weighted by atomic mass is 10.0. The Hall–Kier alpha value is -1.33. The van der Waals surface area contributed by atoms with Gasteiger partial charge in [-0.3, -0.25) is 9.59 Å². The van der Waals surface area contributed by atoms with Crippen molar-refractivity contribution in [2.45, 2.75) is 5.92 Å². The van der Waals surface area contributed by atoms with Gasteiger partial charge in [-0.25, -0.2) is 4.98 Å². The highest BCUT2D eigenvalue weighted by Gasteiger charge is 2.31. The molecule has 0 N–H and O–H groups in total. The Labute approximate surface area is 108 Å². The molecule has 0 aliphatic carbocycles. The van der Waals surface area contributed by atoms with E-state index in [0.717, 1.165) is 0 Å². The van der Waals surface area contributed by atoms with Crippen LogP contribution < -0.4 is 0 Å².